The molecule has 0 heterocycles. The predicted octanol–water partition coefficient (Wildman–Crippen LogP) is 2.54. The van der Waals surface area contributed by atoms with Crippen LogP contribution in [-0.2, 0) is 16.1 Å². The second kappa shape index (κ2) is 7.63. The van der Waals surface area contributed by atoms with Crippen LogP contribution in [0.15, 0.2) is 30.3 Å². The van der Waals surface area contributed by atoms with Crippen molar-refractivity contribution in [2.75, 3.05) is 6.61 Å². The topological polar surface area (TPSA) is 46.5 Å². The lowest BCUT2D eigenvalue weighted by atomic mass is 10.1. The van der Waals surface area contributed by atoms with E-state index in [1.807, 2.05) is 31.2 Å². The SMILES string of the molecule is CCCCOC(=O)/C=C/c1cccc(CO)c1. The monoisotopic (exact) mass is 234 g/mol. The van der Waals surface area contributed by atoms with Gasteiger partial charge in [-0.2, -0.15) is 0 Å². The fraction of sp³-hybridized carbons (Fsp3) is 0.357. The molecule has 1 rings (SSSR count). The summed E-state index contributed by atoms with van der Waals surface area (Å²) in [6, 6.07) is 7.37. The van der Waals surface area contributed by atoms with Gasteiger partial charge in [-0.1, -0.05) is 31.5 Å². The molecule has 0 atom stereocenters. The van der Waals surface area contributed by atoms with Gasteiger partial charge < -0.3 is 9.84 Å². The van der Waals surface area contributed by atoms with Gasteiger partial charge in [0.2, 0.25) is 0 Å². The lowest BCUT2D eigenvalue weighted by Gasteiger charge is -2.00. The zero-order chi connectivity index (χ0) is 12.5. The molecular weight excluding hydrogens is 216 g/mol. The van der Waals surface area contributed by atoms with Gasteiger partial charge in [-0.05, 0) is 29.7 Å². The maximum atomic E-state index is 11.3. The van der Waals surface area contributed by atoms with Crippen molar-refractivity contribution in [2.45, 2.75) is 26.4 Å². The number of aliphatic hydroxyl groups excluding tert-OH is 1. The minimum Gasteiger partial charge on any atom is -0.463 e. The molecule has 17 heavy (non-hydrogen) atoms. The molecule has 1 N–H and O–H groups in total. The molecule has 3 heteroatoms. The van der Waals surface area contributed by atoms with E-state index in [0.29, 0.717) is 6.61 Å². The van der Waals surface area contributed by atoms with Crippen molar-refractivity contribution in [1.29, 1.82) is 0 Å². The van der Waals surface area contributed by atoms with Crippen LogP contribution < -0.4 is 0 Å². The van der Waals surface area contributed by atoms with Crippen molar-refractivity contribution in [1.82, 2.24) is 0 Å². The summed E-state index contributed by atoms with van der Waals surface area (Å²) in [7, 11) is 0. The smallest absolute Gasteiger partial charge is 0.330 e. The molecule has 0 aliphatic carbocycles. The van der Waals surface area contributed by atoms with E-state index in [0.717, 1.165) is 24.0 Å². The van der Waals surface area contributed by atoms with Crippen LogP contribution in [0.2, 0.25) is 0 Å². The summed E-state index contributed by atoms with van der Waals surface area (Å²) < 4.78 is 4.99. The third-order valence-electron chi connectivity index (χ3n) is 2.29. The lowest BCUT2D eigenvalue weighted by molar-refractivity contribution is -0.137. The summed E-state index contributed by atoms with van der Waals surface area (Å²) in [6.45, 7) is 2.52. The minimum atomic E-state index is -0.326. The molecular formula is C14H18O3. The quantitative estimate of drug-likeness (QED) is 0.467. The number of aliphatic hydroxyl groups is 1. The van der Waals surface area contributed by atoms with Crippen molar-refractivity contribution >= 4 is 12.0 Å². The lowest BCUT2D eigenvalue weighted by Crippen LogP contribution is -2.01. The zero-order valence-corrected chi connectivity index (χ0v) is 10.1. The van der Waals surface area contributed by atoms with Crippen molar-refractivity contribution < 1.29 is 14.6 Å². The van der Waals surface area contributed by atoms with Crippen molar-refractivity contribution in [3.63, 3.8) is 0 Å². The van der Waals surface area contributed by atoms with Crippen LogP contribution in [-0.4, -0.2) is 17.7 Å². The second-order valence-electron chi connectivity index (χ2n) is 3.76. The normalized spacial score (nSPS) is 10.7. The number of unbranched alkanes of at least 4 members (excludes halogenated alkanes) is 1. The van der Waals surface area contributed by atoms with Gasteiger partial charge in [0.05, 0.1) is 13.2 Å². The largest absolute Gasteiger partial charge is 0.463 e. The van der Waals surface area contributed by atoms with Crippen molar-refractivity contribution in [3.8, 4) is 0 Å². The third kappa shape index (κ3) is 5.31. The summed E-state index contributed by atoms with van der Waals surface area (Å²) >= 11 is 0. The molecule has 92 valence electrons. The first kappa shape index (κ1) is 13.5. The molecule has 0 radical (unpaired) electrons. The van der Waals surface area contributed by atoms with E-state index in [9.17, 15) is 4.79 Å². The van der Waals surface area contributed by atoms with E-state index in [4.69, 9.17) is 9.84 Å². The van der Waals surface area contributed by atoms with E-state index in [1.54, 1.807) is 6.08 Å². The first-order valence-electron chi connectivity index (χ1n) is 5.81. The third-order valence-corrected chi connectivity index (χ3v) is 2.29. The predicted molar refractivity (Wildman–Crippen MR) is 67.3 cm³/mol. The average molecular weight is 234 g/mol. The number of hydrogen-bond acceptors (Lipinski definition) is 3. The van der Waals surface area contributed by atoms with Gasteiger partial charge in [0, 0.05) is 6.08 Å². The van der Waals surface area contributed by atoms with Crippen LogP contribution in [0, 0.1) is 0 Å². The van der Waals surface area contributed by atoms with Crippen LogP contribution in [0.3, 0.4) is 0 Å². The van der Waals surface area contributed by atoms with Crippen molar-refractivity contribution in [3.05, 3.63) is 41.5 Å². The molecule has 1 aromatic rings. The molecule has 3 nitrogen and oxygen atoms in total. The number of benzene rings is 1. The Morgan fingerprint density at radius 2 is 2.29 bits per heavy atom. The Morgan fingerprint density at radius 3 is 3.00 bits per heavy atom. The standard InChI is InChI=1S/C14H18O3/c1-2-3-9-17-14(16)8-7-12-5-4-6-13(10-12)11-15/h4-8,10,15H,2-3,9,11H2,1H3/b8-7+. The van der Waals surface area contributed by atoms with Crippen LogP contribution in [0.4, 0.5) is 0 Å². The summed E-state index contributed by atoms with van der Waals surface area (Å²) in [5.74, 6) is -0.326. The molecule has 0 amide bonds. The van der Waals surface area contributed by atoms with E-state index in [-0.39, 0.29) is 12.6 Å². The Kier molecular flexibility index (Phi) is 6.04. The molecule has 0 bridgehead atoms. The fourth-order valence-corrected chi connectivity index (χ4v) is 1.32. The summed E-state index contributed by atoms with van der Waals surface area (Å²) in [5.41, 5.74) is 1.70. The number of carbonyl (C=O) groups excluding carboxylic acids is 1. The molecule has 0 aliphatic rings. The van der Waals surface area contributed by atoms with E-state index in [1.165, 1.54) is 6.08 Å². The van der Waals surface area contributed by atoms with Gasteiger partial charge in [-0.15, -0.1) is 0 Å². The average Bonchev–Trinajstić information content (AvgIpc) is 2.37. The first-order chi connectivity index (χ1) is 8.26. The highest BCUT2D eigenvalue weighted by Crippen LogP contribution is 2.07. The van der Waals surface area contributed by atoms with Gasteiger partial charge >= 0.3 is 5.97 Å². The summed E-state index contributed by atoms with van der Waals surface area (Å²) in [4.78, 5) is 11.3. The molecule has 0 fully saturated rings. The number of esters is 1. The molecule has 1 aromatic carbocycles. The van der Waals surface area contributed by atoms with Gasteiger partial charge in [-0.3, -0.25) is 0 Å². The Morgan fingerprint density at radius 1 is 1.47 bits per heavy atom. The van der Waals surface area contributed by atoms with E-state index >= 15 is 0 Å². The van der Waals surface area contributed by atoms with E-state index < -0.39 is 0 Å². The highest BCUT2D eigenvalue weighted by atomic mass is 16.5. The Balaban J connectivity index is 2.48. The Labute approximate surface area is 102 Å². The molecule has 0 unspecified atom stereocenters. The van der Waals surface area contributed by atoms with Crippen molar-refractivity contribution in [2.24, 2.45) is 0 Å². The molecule has 0 saturated carbocycles. The summed E-state index contributed by atoms with van der Waals surface area (Å²) in [5, 5.41) is 8.97. The van der Waals surface area contributed by atoms with Gasteiger partial charge in [0.25, 0.3) is 0 Å². The summed E-state index contributed by atoms with van der Waals surface area (Å²) in [6.07, 6.45) is 4.99. The second-order valence-corrected chi connectivity index (χ2v) is 3.76. The highest BCUT2D eigenvalue weighted by Gasteiger charge is 1.96. The van der Waals surface area contributed by atoms with E-state index in [2.05, 4.69) is 0 Å². The molecule has 0 saturated heterocycles. The zero-order valence-electron chi connectivity index (χ0n) is 10.1. The molecule has 0 aromatic heterocycles. The Bertz CT molecular complexity index is 383. The number of hydrogen-bond donors (Lipinski definition) is 1. The van der Waals surface area contributed by atoms with Crippen LogP contribution >= 0.6 is 0 Å². The number of carbonyl (C=O) groups is 1. The fourth-order valence-electron chi connectivity index (χ4n) is 1.32. The van der Waals surface area contributed by atoms with Gasteiger partial charge in [0.15, 0.2) is 0 Å². The molecule has 0 aliphatic heterocycles. The van der Waals surface area contributed by atoms with Crippen LogP contribution in [0.25, 0.3) is 6.08 Å². The maximum Gasteiger partial charge on any atom is 0.330 e. The molecule has 0 spiro atoms. The van der Waals surface area contributed by atoms with Gasteiger partial charge in [0.1, 0.15) is 0 Å². The van der Waals surface area contributed by atoms with Crippen LogP contribution in [0.1, 0.15) is 30.9 Å². The maximum absolute atomic E-state index is 11.3. The highest BCUT2D eigenvalue weighted by molar-refractivity contribution is 5.87. The Hall–Kier alpha value is -1.61. The van der Waals surface area contributed by atoms with Gasteiger partial charge in [-0.25, -0.2) is 4.79 Å². The number of rotatable bonds is 6. The van der Waals surface area contributed by atoms with Crippen LogP contribution in [0.5, 0.6) is 0 Å². The first-order valence-corrected chi connectivity index (χ1v) is 5.81. The minimum absolute atomic E-state index is 0.00261. The number of ether oxygens (including phenoxy) is 1.